The molecule has 4 heterocycles. The molecule has 0 saturated carbocycles. The Hall–Kier alpha value is -2.77. The normalized spacial score (nSPS) is 28.0. The third-order valence-corrected chi connectivity index (χ3v) is 6.20. The Kier molecular flexibility index (Phi) is 7.78. The molecule has 17 nitrogen and oxygen atoms in total. The Morgan fingerprint density at radius 1 is 0.882 bits per heavy atom. The Morgan fingerprint density at radius 2 is 1.35 bits per heavy atom. The van der Waals surface area contributed by atoms with Crippen LogP contribution in [0.5, 0.6) is 0 Å². The van der Waals surface area contributed by atoms with Crippen LogP contribution in [0.1, 0.15) is 25.7 Å². The fraction of sp³-hybridized carbons (Fsp3) is 0.750. The highest BCUT2D eigenvalue weighted by molar-refractivity contribution is 7.80. The molecule has 4 fully saturated rings. The van der Waals surface area contributed by atoms with Crippen LogP contribution in [-0.2, 0) is 33.9 Å². The molecular weight excluding hydrogens is 484 g/mol. The summed E-state index contributed by atoms with van der Waals surface area (Å²) >= 11 is 0. The number of piperidine rings is 2. The smallest absolute Gasteiger partial charge is 0.309 e. The lowest BCUT2D eigenvalue weighted by Crippen LogP contribution is -2.49. The number of nitrogens with zero attached hydrogens (tertiary/aromatic N) is 4. The van der Waals surface area contributed by atoms with Gasteiger partial charge in [0, 0.05) is 13.1 Å². The molecule has 0 aromatic carbocycles. The molecule has 0 aromatic rings. The van der Waals surface area contributed by atoms with Crippen LogP contribution >= 0.6 is 0 Å². The first kappa shape index (κ1) is 25.8. The van der Waals surface area contributed by atoms with Crippen molar-refractivity contribution < 1.29 is 51.3 Å². The molecule has 4 aliphatic heterocycles. The van der Waals surface area contributed by atoms with E-state index in [1.54, 1.807) is 0 Å². The third-order valence-electron chi connectivity index (χ3n) is 5.85. The number of fused-ring (bicyclic) bond motifs is 4. The van der Waals surface area contributed by atoms with E-state index in [9.17, 15) is 32.8 Å². The minimum Gasteiger partial charge on any atom is -0.309 e. The van der Waals surface area contributed by atoms with Crippen molar-refractivity contribution in [2.45, 2.75) is 49.9 Å². The SMILES string of the molecule is CONC(=O)[C@@H]1CC[C@@H]2CN1C(=O)N2O.CONC(=O)[C@@H]1CC[C@@H]2CN1C(=O)N2OS(=O)(=O)O. The Labute approximate surface area is 194 Å². The molecule has 34 heavy (non-hydrogen) atoms. The van der Waals surface area contributed by atoms with E-state index in [-0.39, 0.29) is 18.5 Å². The van der Waals surface area contributed by atoms with Crippen molar-refractivity contribution in [1.29, 1.82) is 0 Å². The second-order valence-electron chi connectivity index (χ2n) is 7.88. The summed E-state index contributed by atoms with van der Waals surface area (Å²) in [5, 5.41) is 10.7. The number of carbonyl (C=O) groups excluding carboxylic acids is 4. The van der Waals surface area contributed by atoms with Gasteiger partial charge in [-0.1, -0.05) is 0 Å². The quantitative estimate of drug-likeness (QED) is 0.174. The molecule has 4 aliphatic rings. The highest BCUT2D eigenvalue weighted by atomic mass is 32.3. The number of urea groups is 2. The molecule has 4 atom stereocenters. The summed E-state index contributed by atoms with van der Waals surface area (Å²) in [6.45, 7) is 0.549. The standard InChI is InChI=1S/C8H13N3O7S.C8H13N3O4/c1-17-9-7(12)6-3-2-5-4-10(6)8(13)11(5)18-19(14,15)16;1-15-9-7(12)6-3-2-5-4-10(6)8(13)11(5)14/h5-6H,2-4H2,1H3,(H,9,12)(H,14,15,16);5-6,14H,2-4H2,1H3,(H,9,12)/t2*5-,6+/m11/s1. The van der Waals surface area contributed by atoms with E-state index in [0.29, 0.717) is 42.4 Å². The van der Waals surface area contributed by atoms with Crippen molar-refractivity contribution >= 4 is 34.3 Å². The van der Waals surface area contributed by atoms with Gasteiger partial charge in [-0.25, -0.2) is 25.6 Å². The van der Waals surface area contributed by atoms with Gasteiger partial charge in [-0.05, 0) is 25.7 Å². The molecule has 0 aliphatic carbocycles. The topological polar surface area (TPSA) is 208 Å². The fourth-order valence-corrected chi connectivity index (χ4v) is 4.75. The second kappa shape index (κ2) is 10.2. The maximum atomic E-state index is 11.9. The fourth-order valence-electron chi connectivity index (χ4n) is 4.36. The molecule has 0 unspecified atom stereocenters. The molecule has 4 rings (SSSR count). The average molecular weight is 510 g/mol. The van der Waals surface area contributed by atoms with Gasteiger partial charge < -0.3 is 9.80 Å². The van der Waals surface area contributed by atoms with Gasteiger partial charge in [-0.15, -0.1) is 4.28 Å². The summed E-state index contributed by atoms with van der Waals surface area (Å²) in [5.41, 5.74) is 4.32. The van der Waals surface area contributed by atoms with Gasteiger partial charge in [0.15, 0.2) is 0 Å². The van der Waals surface area contributed by atoms with Gasteiger partial charge in [0.25, 0.3) is 11.8 Å². The van der Waals surface area contributed by atoms with E-state index in [1.165, 1.54) is 24.0 Å². The zero-order valence-electron chi connectivity index (χ0n) is 18.3. The predicted molar refractivity (Wildman–Crippen MR) is 106 cm³/mol. The highest BCUT2D eigenvalue weighted by Gasteiger charge is 2.49. The number of nitrogens with one attached hydrogen (secondary N) is 2. The van der Waals surface area contributed by atoms with Crippen LogP contribution in [0.3, 0.4) is 0 Å². The number of hydrogen-bond acceptors (Lipinski definition) is 10. The van der Waals surface area contributed by atoms with E-state index >= 15 is 0 Å². The third kappa shape index (κ3) is 5.31. The van der Waals surface area contributed by atoms with E-state index in [2.05, 4.69) is 24.9 Å². The van der Waals surface area contributed by atoms with Gasteiger partial charge in [0.05, 0.1) is 26.3 Å². The minimum absolute atomic E-state index is 0.149. The number of hydroxylamine groups is 6. The van der Waals surface area contributed by atoms with Crippen molar-refractivity contribution in [3.63, 3.8) is 0 Å². The summed E-state index contributed by atoms with van der Waals surface area (Å²) in [5.74, 6) is -0.845. The molecule has 6 amide bonds. The van der Waals surface area contributed by atoms with Crippen LogP contribution in [-0.4, -0.2) is 113 Å². The summed E-state index contributed by atoms with van der Waals surface area (Å²) in [7, 11) is -2.17. The van der Waals surface area contributed by atoms with Crippen LogP contribution in [0.2, 0.25) is 0 Å². The van der Waals surface area contributed by atoms with E-state index in [0.717, 1.165) is 0 Å². The number of carbonyl (C=O) groups is 4. The van der Waals surface area contributed by atoms with Crippen molar-refractivity contribution in [3.05, 3.63) is 0 Å². The molecule has 4 bridgehead atoms. The van der Waals surface area contributed by atoms with Gasteiger partial charge in [-0.2, -0.15) is 13.5 Å². The van der Waals surface area contributed by atoms with Crippen LogP contribution in [0.4, 0.5) is 9.59 Å². The predicted octanol–water partition coefficient (Wildman–Crippen LogP) is -2.01. The van der Waals surface area contributed by atoms with E-state index in [4.69, 9.17) is 4.55 Å². The van der Waals surface area contributed by atoms with Crippen molar-refractivity contribution in [2.24, 2.45) is 0 Å². The van der Waals surface area contributed by atoms with Gasteiger partial charge >= 0.3 is 22.5 Å². The van der Waals surface area contributed by atoms with Crippen LogP contribution < -0.4 is 11.0 Å². The number of hydrogen-bond donors (Lipinski definition) is 4. The van der Waals surface area contributed by atoms with E-state index < -0.39 is 46.5 Å². The summed E-state index contributed by atoms with van der Waals surface area (Å²) < 4.78 is 34.2. The van der Waals surface area contributed by atoms with Gasteiger partial charge in [0.2, 0.25) is 0 Å². The molecule has 4 N–H and O–H groups in total. The molecule has 4 saturated heterocycles. The first-order chi connectivity index (χ1) is 16.0. The monoisotopic (exact) mass is 510 g/mol. The molecule has 18 heteroatoms. The first-order valence-electron chi connectivity index (χ1n) is 10.2. The molecule has 0 spiro atoms. The minimum atomic E-state index is -4.77. The average Bonchev–Trinajstić information content (AvgIpc) is 3.14. The lowest BCUT2D eigenvalue weighted by molar-refractivity contribution is -0.137. The van der Waals surface area contributed by atoms with Crippen molar-refractivity contribution in [1.82, 2.24) is 30.9 Å². The lowest BCUT2D eigenvalue weighted by Gasteiger charge is -2.28. The molecular formula is C16H26N6O11S. The van der Waals surface area contributed by atoms with Crippen molar-refractivity contribution in [2.75, 3.05) is 27.3 Å². The zero-order chi connectivity index (χ0) is 25.2. The van der Waals surface area contributed by atoms with Gasteiger partial charge in [-0.3, -0.25) is 29.0 Å². The van der Waals surface area contributed by atoms with Crippen LogP contribution in [0, 0.1) is 0 Å². The first-order valence-corrected chi connectivity index (χ1v) is 11.6. The zero-order valence-corrected chi connectivity index (χ0v) is 19.1. The summed E-state index contributed by atoms with van der Waals surface area (Å²) in [4.78, 5) is 58.1. The summed E-state index contributed by atoms with van der Waals surface area (Å²) in [6, 6.07) is -3.26. The molecule has 0 aromatic heterocycles. The van der Waals surface area contributed by atoms with Crippen molar-refractivity contribution in [3.8, 4) is 0 Å². The highest BCUT2D eigenvalue weighted by Crippen LogP contribution is 2.31. The summed E-state index contributed by atoms with van der Waals surface area (Å²) in [6.07, 6.45) is 1.89. The van der Waals surface area contributed by atoms with Gasteiger partial charge in [0.1, 0.15) is 12.1 Å². The Morgan fingerprint density at radius 3 is 1.85 bits per heavy atom. The van der Waals surface area contributed by atoms with E-state index in [1.807, 2.05) is 0 Å². The molecule has 0 radical (unpaired) electrons. The maximum absolute atomic E-state index is 11.9. The maximum Gasteiger partial charge on any atom is 0.418 e. The Bertz CT molecular complexity index is 932. The lowest BCUT2D eigenvalue weighted by atomic mass is 10.0. The second-order valence-corrected chi connectivity index (χ2v) is 8.88. The largest absolute Gasteiger partial charge is 0.418 e. The van der Waals surface area contributed by atoms with Crippen LogP contribution in [0.25, 0.3) is 0 Å². The number of amides is 6. The molecule has 192 valence electrons. The number of rotatable bonds is 6. The van der Waals surface area contributed by atoms with Crippen LogP contribution in [0.15, 0.2) is 0 Å². The Balaban J connectivity index is 0.000000196.